The van der Waals surface area contributed by atoms with E-state index in [1.54, 1.807) is 11.8 Å². The molecule has 5 nitrogen and oxygen atoms in total. The predicted octanol–water partition coefficient (Wildman–Crippen LogP) is 1.67. The number of hydrogen-bond acceptors (Lipinski definition) is 5. The molecular formula is C10H7N5S. The van der Waals surface area contributed by atoms with Gasteiger partial charge in [-0.1, -0.05) is 30.0 Å². The minimum atomic E-state index is 0.650. The first kappa shape index (κ1) is 9.29. The van der Waals surface area contributed by atoms with Gasteiger partial charge in [-0.15, -0.1) is 14.8 Å². The lowest BCUT2D eigenvalue weighted by molar-refractivity contribution is 0.702. The highest BCUT2D eigenvalue weighted by molar-refractivity contribution is 7.99. The van der Waals surface area contributed by atoms with Gasteiger partial charge in [-0.25, -0.2) is 0 Å². The Morgan fingerprint density at radius 3 is 2.75 bits per heavy atom. The molecule has 6 heteroatoms. The average Bonchev–Trinajstić information content (AvgIpc) is 2.77. The molecule has 1 aromatic carbocycles. The number of nitrogens with zero attached hydrogens (tertiary/aromatic N) is 5. The highest BCUT2D eigenvalue weighted by Crippen LogP contribution is 2.24. The van der Waals surface area contributed by atoms with Crippen molar-refractivity contribution < 1.29 is 0 Å². The van der Waals surface area contributed by atoms with Gasteiger partial charge in [0, 0.05) is 4.90 Å². The van der Waals surface area contributed by atoms with E-state index in [1.165, 1.54) is 4.63 Å². The summed E-state index contributed by atoms with van der Waals surface area (Å²) in [5.74, 6) is 0. The monoisotopic (exact) mass is 229 g/mol. The van der Waals surface area contributed by atoms with Crippen LogP contribution in [-0.4, -0.2) is 25.3 Å². The quantitative estimate of drug-likeness (QED) is 0.669. The lowest BCUT2D eigenvalue weighted by atomic mass is 10.4. The van der Waals surface area contributed by atoms with Gasteiger partial charge in [0.1, 0.15) is 5.03 Å². The van der Waals surface area contributed by atoms with E-state index >= 15 is 0 Å². The van der Waals surface area contributed by atoms with Crippen LogP contribution in [0.15, 0.2) is 52.4 Å². The number of fused-ring (bicyclic) bond motifs is 1. The molecule has 0 aliphatic rings. The van der Waals surface area contributed by atoms with Crippen LogP contribution in [0.3, 0.4) is 0 Å². The van der Waals surface area contributed by atoms with Crippen LogP contribution in [0.4, 0.5) is 0 Å². The Morgan fingerprint density at radius 1 is 1.00 bits per heavy atom. The molecule has 3 aromatic rings. The maximum absolute atomic E-state index is 4.27. The standard InChI is InChI=1S/C10H7N5S/c1-2-4-8(5-3-1)16-10-7-6-9-11-13-14-15(9)12-10/h1-7H. The van der Waals surface area contributed by atoms with Crippen molar-refractivity contribution in [2.24, 2.45) is 0 Å². The number of tetrazole rings is 1. The summed E-state index contributed by atoms with van der Waals surface area (Å²) in [7, 11) is 0. The van der Waals surface area contributed by atoms with Crippen molar-refractivity contribution in [2.45, 2.75) is 9.92 Å². The van der Waals surface area contributed by atoms with Crippen molar-refractivity contribution in [1.82, 2.24) is 25.3 Å². The number of aromatic nitrogens is 5. The molecule has 0 fully saturated rings. The van der Waals surface area contributed by atoms with Crippen molar-refractivity contribution >= 4 is 17.4 Å². The van der Waals surface area contributed by atoms with E-state index in [0.29, 0.717) is 5.65 Å². The molecule has 0 unspecified atom stereocenters. The molecule has 16 heavy (non-hydrogen) atoms. The number of hydrogen-bond donors (Lipinski definition) is 0. The predicted molar refractivity (Wildman–Crippen MR) is 59.1 cm³/mol. The second-order valence-electron chi connectivity index (χ2n) is 3.11. The summed E-state index contributed by atoms with van der Waals surface area (Å²) in [6.07, 6.45) is 0. The zero-order chi connectivity index (χ0) is 10.8. The normalized spacial score (nSPS) is 10.8. The van der Waals surface area contributed by atoms with Gasteiger partial charge < -0.3 is 0 Å². The van der Waals surface area contributed by atoms with Crippen LogP contribution in [0.25, 0.3) is 5.65 Å². The van der Waals surface area contributed by atoms with Crippen molar-refractivity contribution in [2.75, 3.05) is 0 Å². The third-order valence-electron chi connectivity index (χ3n) is 2.01. The van der Waals surface area contributed by atoms with Crippen molar-refractivity contribution in [3.8, 4) is 0 Å². The largest absolute Gasteiger partial charge is 0.200 e. The summed E-state index contributed by atoms with van der Waals surface area (Å²) in [5, 5.41) is 16.2. The molecule has 2 heterocycles. The highest BCUT2D eigenvalue weighted by Gasteiger charge is 2.02. The molecule has 2 aromatic heterocycles. The third kappa shape index (κ3) is 1.74. The van der Waals surface area contributed by atoms with Crippen LogP contribution in [0, 0.1) is 0 Å². The molecule has 0 saturated carbocycles. The first-order chi connectivity index (χ1) is 7.92. The number of rotatable bonds is 2. The summed E-state index contributed by atoms with van der Waals surface area (Å²) in [6, 6.07) is 13.8. The third-order valence-corrected chi connectivity index (χ3v) is 2.95. The van der Waals surface area contributed by atoms with E-state index in [-0.39, 0.29) is 0 Å². The smallest absolute Gasteiger partial charge is 0.140 e. The summed E-state index contributed by atoms with van der Waals surface area (Å²) < 4.78 is 1.42. The van der Waals surface area contributed by atoms with E-state index in [0.717, 1.165) is 9.92 Å². The summed E-state index contributed by atoms with van der Waals surface area (Å²) in [6.45, 7) is 0. The first-order valence-corrected chi connectivity index (χ1v) is 5.52. The molecule has 78 valence electrons. The van der Waals surface area contributed by atoms with E-state index in [1.807, 2.05) is 42.5 Å². The van der Waals surface area contributed by atoms with E-state index in [2.05, 4.69) is 20.6 Å². The fourth-order valence-electron chi connectivity index (χ4n) is 1.30. The zero-order valence-electron chi connectivity index (χ0n) is 8.19. The molecule has 0 spiro atoms. The van der Waals surface area contributed by atoms with Crippen LogP contribution in [0.5, 0.6) is 0 Å². The molecule has 0 radical (unpaired) electrons. The Labute approximate surface area is 95.5 Å². The fraction of sp³-hybridized carbons (Fsp3) is 0. The van der Waals surface area contributed by atoms with E-state index in [4.69, 9.17) is 0 Å². The Bertz CT molecular complexity index is 607. The van der Waals surface area contributed by atoms with Gasteiger partial charge in [0.05, 0.1) is 0 Å². The Morgan fingerprint density at radius 2 is 1.88 bits per heavy atom. The summed E-state index contributed by atoms with van der Waals surface area (Å²) in [5.41, 5.74) is 0.650. The van der Waals surface area contributed by atoms with Gasteiger partial charge in [0.15, 0.2) is 5.65 Å². The van der Waals surface area contributed by atoms with Crippen LogP contribution in [0.2, 0.25) is 0 Å². The maximum Gasteiger partial charge on any atom is 0.200 e. The van der Waals surface area contributed by atoms with Gasteiger partial charge in [0.25, 0.3) is 0 Å². The summed E-state index contributed by atoms with van der Waals surface area (Å²) in [4.78, 5) is 1.14. The molecular weight excluding hydrogens is 222 g/mol. The summed E-state index contributed by atoms with van der Waals surface area (Å²) >= 11 is 1.58. The van der Waals surface area contributed by atoms with E-state index < -0.39 is 0 Å². The Balaban J connectivity index is 1.94. The highest BCUT2D eigenvalue weighted by atomic mass is 32.2. The zero-order valence-corrected chi connectivity index (χ0v) is 9.00. The molecule has 0 aliphatic carbocycles. The van der Waals surface area contributed by atoms with Crippen LogP contribution >= 0.6 is 11.8 Å². The second-order valence-corrected chi connectivity index (χ2v) is 4.21. The lowest BCUT2D eigenvalue weighted by Crippen LogP contribution is -1.94. The topological polar surface area (TPSA) is 56.0 Å². The van der Waals surface area contributed by atoms with Crippen molar-refractivity contribution in [3.63, 3.8) is 0 Å². The Hall–Kier alpha value is -1.95. The molecule has 0 N–H and O–H groups in total. The van der Waals surface area contributed by atoms with Gasteiger partial charge in [0.2, 0.25) is 0 Å². The first-order valence-electron chi connectivity index (χ1n) is 4.70. The van der Waals surface area contributed by atoms with E-state index in [9.17, 15) is 0 Å². The second kappa shape index (κ2) is 3.90. The average molecular weight is 229 g/mol. The van der Waals surface area contributed by atoms with Crippen molar-refractivity contribution in [3.05, 3.63) is 42.5 Å². The van der Waals surface area contributed by atoms with Crippen LogP contribution < -0.4 is 0 Å². The van der Waals surface area contributed by atoms with Crippen LogP contribution in [-0.2, 0) is 0 Å². The van der Waals surface area contributed by atoms with Gasteiger partial charge in [-0.05, 0) is 34.7 Å². The van der Waals surface area contributed by atoms with Gasteiger partial charge in [-0.3, -0.25) is 0 Å². The van der Waals surface area contributed by atoms with Gasteiger partial charge >= 0.3 is 0 Å². The maximum atomic E-state index is 4.27. The molecule has 0 bridgehead atoms. The SMILES string of the molecule is c1ccc(Sc2ccc3nnnn3n2)cc1. The Kier molecular flexibility index (Phi) is 2.26. The minimum absolute atomic E-state index is 0.650. The molecule has 0 saturated heterocycles. The fourth-order valence-corrected chi connectivity index (χ4v) is 2.09. The number of benzene rings is 1. The minimum Gasteiger partial charge on any atom is -0.140 e. The molecule has 3 rings (SSSR count). The van der Waals surface area contributed by atoms with Crippen molar-refractivity contribution in [1.29, 1.82) is 0 Å². The lowest BCUT2D eigenvalue weighted by Gasteiger charge is -1.99. The molecule has 0 aliphatic heterocycles. The molecule has 0 amide bonds. The van der Waals surface area contributed by atoms with Crippen LogP contribution in [0.1, 0.15) is 0 Å². The molecule has 0 atom stereocenters. The van der Waals surface area contributed by atoms with Gasteiger partial charge in [-0.2, -0.15) is 0 Å².